The summed E-state index contributed by atoms with van der Waals surface area (Å²) < 4.78 is -0.0554. The second kappa shape index (κ2) is 14.6. The van der Waals surface area contributed by atoms with E-state index < -0.39 is 0 Å². The van der Waals surface area contributed by atoms with Crippen molar-refractivity contribution < 1.29 is 0 Å². The van der Waals surface area contributed by atoms with Gasteiger partial charge in [0.2, 0.25) is 0 Å². The van der Waals surface area contributed by atoms with Gasteiger partial charge in [-0.1, -0.05) is 171 Å². The Morgan fingerprint density at radius 2 is 1.00 bits per heavy atom. The van der Waals surface area contributed by atoms with Crippen LogP contribution in [0.15, 0.2) is 59.4 Å². The highest BCUT2D eigenvalue weighted by atomic mass is 79.9. The van der Waals surface area contributed by atoms with E-state index in [1.807, 2.05) is 23.5 Å². The Hall–Kier alpha value is -0.420. The summed E-state index contributed by atoms with van der Waals surface area (Å²) >= 11 is 12.2. The largest absolute Gasteiger partial charge is 0.111 e. The van der Waals surface area contributed by atoms with Gasteiger partial charge < -0.3 is 0 Å². The zero-order valence-electron chi connectivity index (χ0n) is 25.2. The van der Waals surface area contributed by atoms with E-state index in [0.717, 1.165) is 12.8 Å². The van der Waals surface area contributed by atoms with Gasteiger partial charge in [-0.3, -0.25) is 0 Å². The van der Waals surface area contributed by atoms with Gasteiger partial charge in [-0.2, -0.15) is 0 Å². The number of fused-ring (bicyclic) bond motifs is 3. The number of allylic oxidation sites excluding steroid dienone is 2. The summed E-state index contributed by atoms with van der Waals surface area (Å²) in [5.74, 6) is 0. The molecule has 2 unspecified atom stereocenters. The Morgan fingerprint density at radius 1 is 0.585 bits per heavy atom. The highest BCUT2D eigenvalue weighted by Gasteiger charge is 2.45. The topological polar surface area (TPSA) is 0 Å². The van der Waals surface area contributed by atoms with Crippen LogP contribution in [0.3, 0.4) is 0 Å². The van der Waals surface area contributed by atoms with Crippen LogP contribution in [0.2, 0.25) is 0 Å². The SMILES string of the molecule is CCCCCCCCC1(CCCCCCCC)c2cc(C3(Br)CC=CS3)ccc2-c2ccc(C3(Br)CC=CS3)cc21. The van der Waals surface area contributed by atoms with Crippen LogP contribution in [-0.2, 0) is 12.7 Å². The molecule has 0 bridgehead atoms. The van der Waals surface area contributed by atoms with E-state index >= 15 is 0 Å². The van der Waals surface area contributed by atoms with Crippen LogP contribution in [0.1, 0.15) is 139 Å². The van der Waals surface area contributed by atoms with Gasteiger partial charge in [-0.05, 0) is 69.9 Å². The first-order valence-corrected chi connectivity index (χ1v) is 19.6. The first kappa shape index (κ1) is 32.0. The molecule has 0 radical (unpaired) electrons. The minimum Gasteiger partial charge on any atom is -0.111 e. The summed E-state index contributed by atoms with van der Waals surface area (Å²) in [6, 6.07) is 15.0. The summed E-state index contributed by atoms with van der Waals surface area (Å²) in [6.07, 6.45) is 25.5. The molecule has 41 heavy (non-hydrogen) atoms. The molecule has 0 N–H and O–H groups in total. The maximum Gasteiger partial charge on any atom is 0.103 e. The number of alkyl halides is 2. The van der Waals surface area contributed by atoms with E-state index in [4.69, 9.17) is 0 Å². The van der Waals surface area contributed by atoms with Crippen molar-refractivity contribution in [1.29, 1.82) is 0 Å². The molecular formula is C37H48Br2S2. The van der Waals surface area contributed by atoms with Crippen LogP contribution in [0, 0.1) is 0 Å². The molecule has 2 atom stereocenters. The van der Waals surface area contributed by atoms with Crippen molar-refractivity contribution in [2.75, 3.05) is 0 Å². The van der Waals surface area contributed by atoms with Gasteiger partial charge in [0.25, 0.3) is 0 Å². The molecule has 0 spiro atoms. The molecular weight excluding hydrogens is 668 g/mol. The minimum atomic E-state index is -0.0277. The van der Waals surface area contributed by atoms with E-state index in [9.17, 15) is 0 Å². The van der Waals surface area contributed by atoms with Crippen LogP contribution in [0.5, 0.6) is 0 Å². The molecule has 0 amide bonds. The molecule has 2 aromatic rings. The summed E-state index contributed by atoms with van der Waals surface area (Å²) in [6.45, 7) is 4.64. The van der Waals surface area contributed by atoms with Gasteiger partial charge in [-0.25, -0.2) is 0 Å². The zero-order chi connectivity index (χ0) is 28.8. The number of rotatable bonds is 16. The summed E-state index contributed by atoms with van der Waals surface area (Å²) in [5.41, 5.74) is 9.16. The van der Waals surface area contributed by atoms with Gasteiger partial charge in [0, 0.05) is 5.41 Å². The maximum atomic E-state index is 4.16. The highest BCUT2D eigenvalue weighted by Crippen LogP contribution is 2.59. The monoisotopic (exact) mass is 714 g/mol. The Balaban J connectivity index is 1.53. The lowest BCUT2D eigenvalue weighted by atomic mass is 9.70. The van der Waals surface area contributed by atoms with Gasteiger partial charge in [0.1, 0.15) is 7.31 Å². The lowest BCUT2D eigenvalue weighted by molar-refractivity contribution is 0.397. The number of benzene rings is 2. The van der Waals surface area contributed by atoms with Crippen LogP contribution in [0.25, 0.3) is 11.1 Å². The first-order chi connectivity index (χ1) is 20.0. The number of hydrogen-bond acceptors (Lipinski definition) is 2. The fraction of sp³-hybridized carbons (Fsp3) is 0.568. The Kier molecular flexibility index (Phi) is 11.4. The van der Waals surface area contributed by atoms with Crippen molar-refractivity contribution in [3.05, 3.63) is 81.6 Å². The zero-order valence-corrected chi connectivity index (χ0v) is 30.0. The van der Waals surface area contributed by atoms with E-state index in [2.05, 4.69) is 105 Å². The van der Waals surface area contributed by atoms with Gasteiger partial charge >= 0.3 is 0 Å². The second-order valence-electron chi connectivity index (χ2n) is 12.5. The predicted octanol–water partition coefficient (Wildman–Crippen LogP) is 13.9. The maximum absolute atomic E-state index is 4.16. The molecule has 2 aliphatic heterocycles. The van der Waals surface area contributed by atoms with E-state index in [-0.39, 0.29) is 12.7 Å². The molecule has 222 valence electrons. The van der Waals surface area contributed by atoms with E-state index in [1.165, 1.54) is 112 Å². The van der Waals surface area contributed by atoms with Crippen molar-refractivity contribution in [2.45, 2.75) is 129 Å². The second-order valence-corrected chi connectivity index (χ2v) is 18.6. The third-order valence-electron chi connectivity index (χ3n) is 9.60. The molecule has 0 saturated carbocycles. The van der Waals surface area contributed by atoms with Crippen molar-refractivity contribution in [2.24, 2.45) is 0 Å². The first-order valence-electron chi connectivity index (χ1n) is 16.3. The van der Waals surface area contributed by atoms with Crippen LogP contribution >= 0.6 is 55.4 Å². The number of thioether (sulfide) groups is 2. The van der Waals surface area contributed by atoms with Gasteiger partial charge in [0.05, 0.1) is 0 Å². The molecule has 5 rings (SSSR count). The lowest BCUT2D eigenvalue weighted by Gasteiger charge is -2.35. The Labute approximate surface area is 275 Å². The standard InChI is InChI=1S/C37H48Br2S2/c1-3-5-7-9-11-13-21-35(22-14-12-10-8-6-4-2)33-27-29(36(38)23-15-25-40-36)17-19-31(33)32-20-18-30(28-34(32)35)37(39)24-16-26-41-37/h15-20,25-28H,3-14,21-24H2,1-2H3. The highest BCUT2D eigenvalue weighted by molar-refractivity contribution is 9.11. The molecule has 3 aliphatic rings. The van der Waals surface area contributed by atoms with Crippen molar-refractivity contribution >= 4 is 55.4 Å². The third kappa shape index (κ3) is 6.97. The van der Waals surface area contributed by atoms with E-state index in [1.54, 1.807) is 11.1 Å². The molecule has 1 aliphatic carbocycles. The van der Waals surface area contributed by atoms with Gasteiger partial charge in [-0.15, -0.1) is 23.5 Å². The van der Waals surface area contributed by atoms with Crippen molar-refractivity contribution in [3.63, 3.8) is 0 Å². The normalized spacial score (nSPS) is 23.8. The fourth-order valence-electron chi connectivity index (χ4n) is 7.22. The van der Waals surface area contributed by atoms with Crippen LogP contribution in [0.4, 0.5) is 0 Å². The molecule has 4 heteroatoms. The van der Waals surface area contributed by atoms with Crippen LogP contribution in [-0.4, -0.2) is 0 Å². The number of halogens is 2. The summed E-state index contributed by atoms with van der Waals surface area (Å²) in [4.78, 5) is 0. The smallest absolute Gasteiger partial charge is 0.103 e. The quantitative estimate of drug-likeness (QED) is 0.125. The molecule has 0 fully saturated rings. The third-order valence-corrected chi connectivity index (χ3v) is 14.5. The average molecular weight is 717 g/mol. The Bertz CT molecular complexity index is 1120. The van der Waals surface area contributed by atoms with Crippen molar-refractivity contribution in [1.82, 2.24) is 0 Å². The number of unbranched alkanes of at least 4 members (excludes halogenated alkanes) is 10. The summed E-state index contributed by atoms with van der Waals surface area (Å²) in [5, 5.41) is 4.54. The lowest BCUT2D eigenvalue weighted by Crippen LogP contribution is -2.27. The van der Waals surface area contributed by atoms with Gasteiger partial charge in [0.15, 0.2) is 0 Å². The number of hydrogen-bond donors (Lipinski definition) is 0. The summed E-state index contributed by atoms with van der Waals surface area (Å²) in [7, 11) is 0. The van der Waals surface area contributed by atoms with Crippen molar-refractivity contribution in [3.8, 4) is 11.1 Å². The van der Waals surface area contributed by atoms with Crippen LogP contribution < -0.4 is 0 Å². The molecule has 2 aromatic carbocycles. The predicted molar refractivity (Wildman–Crippen MR) is 193 cm³/mol. The average Bonchev–Trinajstić information content (AvgIpc) is 3.70. The minimum absolute atomic E-state index is 0.0277. The van der Waals surface area contributed by atoms with E-state index in [0.29, 0.717) is 0 Å². The molecule has 2 heterocycles. The molecule has 0 nitrogen and oxygen atoms in total. The Morgan fingerprint density at radius 3 is 1.39 bits per heavy atom. The molecule has 0 aromatic heterocycles. The fourth-order valence-corrected chi connectivity index (χ4v) is 10.5. The molecule has 0 saturated heterocycles.